The van der Waals surface area contributed by atoms with Crippen LogP contribution < -0.4 is 10.0 Å². The third-order valence-corrected chi connectivity index (χ3v) is 13.7. The van der Waals surface area contributed by atoms with Gasteiger partial charge in [-0.05, 0) is 110 Å². The third-order valence-electron chi connectivity index (χ3n) is 12.3. The first-order valence-corrected chi connectivity index (χ1v) is 17.2. The summed E-state index contributed by atoms with van der Waals surface area (Å²) in [4.78, 5) is 12.4. The van der Waals surface area contributed by atoms with Crippen molar-refractivity contribution < 1.29 is 27.1 Å². The zero-order valence-electron chi connectivity index (χ0n) is 24.9. The normalized spacial score (nSPS) is 40.5. The summed E-state index contributed by atoms with van der Waals surface area (Å²) in [6, 6.07) is 7.11. The predicted molar refractivity (Wildman–Crippen MR) is 155 cm³/mol. The Morgan fingerprint density at radius 1 is 1.05 bits per heavy atom. The average Bonchev–Trinajstić information content (AvgIpc) is 3.28. The largest absolute Gasteiger partial charge is 0.387 e. The lowest BCUT2D eigenvalue weighted by molar-refractivity contribution is -0.264. The second-order valence-electron chi connectivity index (χ2n) is 14.2. The number of amides is 2. The molecule has 0 radical (unpaired) electrons. The standard InChI is InChI=1S/C32H48F2N2O4S/c1-5-21-19-23-25-12-11-24(20(2)15-18-35-29(38)36-41(39,40)22-9-7-6-8-10-22)30(25,3)16-13-26(23)31(4)17-14-27(37)32(33,34)28(21)31/h6-10,20-21,23-28,37H,5,11-19H2,1-4H3,(H2,35,36,38)/t20-,21+,23?,24?,25?,26?,27-,28+,30-,31-/m1/s1. The molecule has 4 saturated carbocycles. The summed E-state index contributed by atoms with van der Waals surface area (Å²) in [5.41, 5.74) is -0.299. The Morgan fingerprint density at radius 3 is 2.39 bits per heavy atom. The van der Waals surface area contributed by atoms with Crippen LogP contribution in [0.4, 0.5) is 13.6 Å². The van der Waals surface area contributed by atoms with Gasteiger partial charge in [-0.3, -0.25) is 0 Å². The maximum absolute atomic E-state index is 15.5. The van der Waals surface area contributed by atoms with Crippen LogP contribution in [0.25, 0.3) is 0 Å². The highest BCUT2D eigenvalue weighted by molar-refractivity contribution is 7.90. The Balaban J connectivity index is 1.23. The predicted octanol–water partition coefficient (Wildman–Crippen LogP) is 6.60. The fourth-order valence-electron chi connectivity index (χ4n) is 10.4. The van der Waals surface area contributed by atoms with E-state index in [-0.39, 0.29) is 28.6 Å². The molecular formula is C32H48F2N2O4S. The molecule has 4 fully saturated rings. The molecule has 4 unspecified atom stereocenters. The maximum atomic E-state index is 15.5. The van der Waals surface area contributed by atoms with Crippen LogP contribution in [0.15, 0.2) is 35.2 Å². The molecule has 10 atom stereocenters. The van der Waals surface area contributed by atoms with Crippen molar-refractivity contribution in [1.82, 2.24) is 10.0 Å². The number of benzene rings is 1. The van der Waals surface area contributed by atoms with Crippen molar-refractivity contribution in [2.75, 3.05) is 6.54 Å². The van der Waals surface area contributed by atoms with Gasteiger partial charge < -0.3 is 10.4 Å². The Hall–Kier alpha value is -1.74. The lowest BCUT2D eigenvalue weighted by Crippen LogP contribution is -2.63. The average molecular weight is 595 g/mol. The molecule has 6 nitrogen and oxygen atoms in total. The fourth-order valence-corrected chi connectivity index (χ4v) is 11.4. The van der Waals surface area contributed by atoms with Crippen LogP contribution in [0, 0.1) is 52.3 Å². The Labute approximate surface area is 244 Å². The van der Waals surface area contributed by atoms with E-state index in [0.717, 1.165) is 44.9 Å². The number of rotatable bonds is 7. The van der Waals surface area contributed by atoms with Crippen molar-refractivity contribution in [3.05, 3.63) is 30.3 Å². The summed E-state index contributed by atoms with van der Waals surface area (Å²) >= 11 is 0. The van der Waals surface area contributed by atoms with E-state index in [1.54, 1.807) is 18.2 Å². The number of halogens is 2. The molecule has 1 aromatic rings. The van der Waals surface area contributed by atoms with E-state index < -0.39 is 39.4 Å². The summed E-state index contributed by atoms with van der Waals surface area (Å²) in [6.07, 6.45) is 5.88. The molecular weight excluding hydrogens is 546 g/mol. The monoisotopic (exact) mass is 594 g/mol. The van der Waals surface area contributed by atoms with Gasteiger partial charge in [0.2, 0.25) is 0 Å². The Kier molecular flexibility index (Phi) is 8.29. The summed E-state index contributed by atoms with van der Waals surface area (Å²) in [7, 11) is -3.92. The number of fused-ring (bicyclic) bond motifs is 5. The van der Waals surface area contributed by atoms with Crippen molar-refractivity contribution in [3.8, 4) is 0 Å². The molecule has 5 rings (SSSR count). The van der Waals surface area contributed by atoms with E-state index in [9.17, 15) is 18.3 Å². The molecule has 0 spiro atoms. The van der Waals surface area contributed by atoms with Crippen LogP contribution in [0.5, 0.6) is 0 Å². The molecule has 4 aliphatic carbocycles. The first-order chi connectivity index (χ1) is 19.3. The minimum Gasteiger partial charge on any atom is -0.387 e. The number of hydrogen-bond donors (Lipinski definition) is 3. The molecule has 3 N–H and O–H groups in total. The van der Waals surface area contributed by atoms with Gasteiger partial charge >= 0.3 is 6.03 Å². The van der Waals surface area contributed by atoms with Gasteiger partial charge in [-0.15, -0.1) is 0 Å². The molecule has 0 bridgehead atoms. The van der Waals surface area contributed by atoms with Gasteiger partial charge in [0.25, 0.3) is 15.9 Å². The number of sulfonamides is 1. The molecule has 41 heavy (non-hydrogen) atoms. The molecule has 2 amide bonds. The second-order valence-corrected chi connectivity index (χ2v) is 15.8. The smallest absolute Gasteiger partial charge is 0.328 e. The zero-order chi connectivity index (χ0) is 29.8. The van der Waals surface area contributed by atoms with E-state index in [1.807, 2.05) is 6.92 Å². The van der Waals surface area contributed by atoms with E-state index in [2.05, 4.69) is 30.8 Å². The summed E-state index contributed by atoms with van der Waals surface area (Å²) in [6.45, 7) is 9.20. The van der Waals surface area contributed by atoms with Crippen LogP contribution in [-0.4, -0.2) is 38.1 Å². The van der Waals surface area contributed by atoms with Gasteiger partial charge in [-0.1, -0.05) is 52.3 Å². The van der Waals surface area contributed by atoms with Crippen molar-refractivity contribution >= 4 is 16.1 Å². The first-order valence-electron chi connectivity index (χ1n) is 15.7. The highest BCUT2D eigenvalue weighted by Gasteiger charge is 2.68. The number of carbonyl (C=O) groups excluding carboxylic acids is 1. The molecule has 0 heterocycles. The summed E-state index contributed by atoms with van der Waals surface area (Å²) in [5, 5.41) is 13.0. The topological polar surface area (TPSA) is 95.5 Å². The van der Waals surface area contributed by atoms with Crippen LogP contribution in [0.3, 0.4) is 0 Å². The molecule has 0 aliphatic heterocycles. The van der Waals surface area contributed by atoms with Crippen molar-refractivity contribution in [1.29, 1.82) is 0 Å². The van der Waals surface area contributed by atoms with Gasteiger partial charge in [0.1, 0.15) is 6.10 Å². The number of urea groups is 1. The number of nitrogens with one attached hydrogen (secondary N) is 2. The Morgan fingerprint density at radius 2 is 1.71 bits per heavy atom. The van der Waals surface area contributed by atoms with Gasteiger partial charge in [-0.25, -0.2) is 26.7 Å². The first kappa shape index (κ1) is 30.7. The van der Waals surface area contributed by atoms with Crippen LogP contribution >= 0.6 is 0 Å². The van der Waals surface area contributed by atoms with Crippen LogP contribution in [-0.2, 0) is 10.0 Å². The van der Waals surface area contributed by atoms with Crippen molar-refractivity contribution in [2.45, 2.75) is 102 Å². The molecule has 1 aromatic carbocycles. The summed E-state index contributed by atoms with van der Waals surface area (Å²) < 4.78 is 58.0. The molecule has 230 valence electrons. The molecule has 0 saturated heterocycles. The van der Waals surface area contributed by atoms with Crippen LogP contribution in [0.2, 0.25) is 0 Å². The van der Waals surface area contributed by atoms with Gasteiger partial charge in [0, 0.05) is 12.5 Å². The number of carbonyl (C=O) groups is 1. The fraction of sp³-hybridized carbons (Fsp3) is 0.781. The number of aliphatic hydroxyl groups is 1. The zero-order valence-corrected chi connectivity index (χ0v) is 25.7. The number of alkyl halides is 2. The second kappa shape index (κ2) is 11.1. The van der Waals surface area contributed by atoms with Crippen molar-refractivity contribution in [2.24, 2.45) is 52.3 Å². The molecule has 0 aromatic heterocycles. The summed E-state index contributed by atoms with van der Waals surface area (Å²) in [5.74, 6) is -1.79. The quantitative estimate of drug-likeness (QED) is 0.331. The highest BCUT2D eigenvalue weighted by atomic mass is 32.2. The third kappa shape index (κ3) is 5.21. The van der Waals surface area contributed by atoms with E-state index in [4.69, 9.17) is 0 Å². The van der Waals surface area contributed by atoms with Gasteiger partial charge in [-0.2, -0.15) is 0 Å². The van der Waals surface area contributed by atoms with Crippen LogP contribution in [0.1, 0.15) is 85.5 Å². The minimum atomic E-state index is -3.92. The SMILES string of the molecule is CC[C@H]1CC2C3CCC([C@H](C)CCNC(=O)NS(=O)(=O)c4ccccc4)[C@@]3(C)CCC2[C@@]2(C)CC[C@@H](O)C(F)(F)[C@@H]12. The van der Waals surface area contributed by atoms with E-state index >= 15 is 8.78 Å². The molecule has 9 heteroatoms. The number of aliphatic hydroxyl groups excluding tert-OH is 1. The molecule has 4 aliphatic rings. The van der Waals surface area contributed by atoms with Gasteiger partial charge in [0.05, 0.1) is 4.90 Å². The lowest BCUT2D eigenvalue weighted by atomic mass is 9.41. The van der Waals surface area contributed by atoms with Crippen molar-refractivity contribution in [3.63, 3.8) is 0 Å². The van der Waals surface area contributed by atoms with E-state index in [1.165, 1.54) is 12.1 Å². The Bertz CT molecular complexity index is 1210. The van der Waals surface area contributed by atoms with E-state index in [0.29, 0.717) is 36.6 Å². The van der Waals surface area contributed by atoms with Gasteiger partial charge in [0.15, 0.2) is 0 Å². The minimum absolute atomic E-state index is 0.0466. The number of hydrogen-bond acceptors (Lipinski definition) is 4. The maximum Gasteiger partial charge on any atom is 0.328 e. The lowest BCUT2D eigenvalue weighted by Gasteiger charge is -2.64. The highest BCUT2D eigenvalue weighted by Crippen LogP contribution is 2.71.